The minimum absolute atomic E-state index is 0.370. The molecular weight excluding hydrogens is 236 g/mol. The smallest absolute Gasteiger partial charge is 0.134 e. The SMILES string of the molecule is O=C1CC(c2ccc(OCc3ccccc3)cc2)C1. The summed E-state index contributed by atoms with van der Waals surface area (Å²) in [5.74, 6) is 1.67. The van der Waals surface area contributed by atoms with Gasteiger partial charge in [0.1, 0.15) is 18.1 Å². The molecule has 96 valence electrons. The second-order valence-corrected chi connectivity index (χ2v) is 4.99. The van der Waals surface area contributed by atoms with E-state index in [2.05, 4.69) is 12.1 Å². The Balaban J connectivity index is 1.59. The van der Waals surface area contributed by atoms with Crippen LogP contribution in [0.3, 0.4) is 0 Å². The van der Waals surface area contributed by atoms with E-state index in [-0.39, 0.29) is 0 Å². The number of Topliss-reactive ketones (excluding diaryl/α,β-unsaturated/α-hetero) is 1. The molecule has 2 aromatic rings. The number of benzene rings is 2. The zero-order valence-corrected chi connectivity index (χ0v) is 10.7. The average Bonchev–Trinajstić information content (AvgIpc) is 2.44. The van der Waals surface area contributed by atoms with E-state index in [1.165, 1.54) is 5.56 Å². The maximum atomic E-state index is 11.0. The summed E-state index contributed by atoms with van der Waals surface area (Å²) >= 11 is 0. The summed E-state index contributed by atoms with van der Waals surface area (Å²) in [6, 6.07) is 18.2. The van der Waals surface area contributed by atoms with Crippen molar-refractivity contribution in [3.8, 4) is 5.75 Å². The van der Waals surface area contributed by atoms with Gasteiger partial charge in [0.2, 0.25) is 0 Å². The van der Waals surface area contributed by atoms with Crippen LogP contribution >= 0.6 is 0 Å². The molecule has 0 radical (unpaired) electrons. The molecule has 0 heterocycles. The van der Waals surface area contributed by atoms with E-state index < -0.39 is 0 Å². The Morgan fingerprint density at radius 3 is 2.26 bits per heavy atom. The minimum Gasteiger partial charge on any atom is -0.489 e. The highest BCUT2D eigenvalue weighted by Crippen LogP contribution is 2.34. The van der Waals surface area contributed by atoms with Crippen LogP contribution in [0, 0.1) is 0 Å². The van der Waals surface area contributed by atoms with Crippen LogP contribution < -0.4 is 4.74 Å². The summed E-state index contributed by atoms with van der Waals surface area (Å²) in [6.07, 6.45) is 1.40. The third kappa shape index (κ3) is 2.84. The van der Waals surface area contributed by atoms with Gasteiger partial charge in [-0.25, -0.2) is 0 Å². The van der Waals surface area contributed by atoms with Crippen molar-refractivity contribution in [2.45, 2.75) is 25.4 Å². The molecule has 1 fully saturated rings. The molecule has 1 aliphatic carbocycles. The van der Waals surface area contributed by atoms with Crippen LogP contribution in [0.4, 0.5) is 0 Å². The van der Waals surface area contributed by atoms with Crippen LogP contribution in [0.25, 0.3) is 0 Å². The maximum Gasteiger partial charge on any atom is 0.134 e. The van der Waals surface area contributed by atoms with Crippen molar-refractivity contribution in [3.05, 3.63) is 65.7 Å². The monoisotopic (exact) mass is 252 g/mol. The Hall–Kier alpha value is -2.09. The first-order chi connectivity index (χ1) is 9.31. The molecule has 0 unspecified atom stereocenters. The Morgan fingerprint density at radius 2 is 1.63 bits per heavy atom. The molecule has 0 aromatic heterocycles. The highest BCUT2D eigenvalue weighted by molar-refractivity contribution is 5.86. The maximum absolute atomic E-state index is 11.0. The number of hydrogen-bond donors (Lipinski definition) is 0. The molecule has 0 N–H and O–H groups in total. The summed E-state index contributed by atoms with van der Waals surface area (Å²) in [5.41, 5.74) is 2.41. The first kappa shape index (κ1) is 12.0. The van der Waals surface area contributed by atoms with Gasteiger partial charge in [-0.15, -0.1) is 0 Å². The summed E-state index contributed by atoms with van der Waals surface area (Å²) in [6.45, 7) is 0.585. The molecule has 2 nitrogen and oxygen atoms in total. The van der Waals surface area contributed by atoms with Crippen LogP contribution in [-0.4, -0.2) is 5.78 Å². The molecule has 2 aromatic carbocycles. The average molecular weight is 252 g/mol. The zero-order chi connectivity index (χ0) is 13.1. The Bertz CT molecular complexity index is 550. The summed E-state index contributed by atoms with van der Waals surface area (Å²) < 4.78 is 5.73. The number of carbonyl (C=O) groups is 1. The third-order valence-corrected chi connectivity index (χ3v) is 3.55. The molecule has 0 atom stereocenters. The van der Waals surface area contributed by atoms with E-state index in [0.717, 1.165) is 11.3 Å². The van der Waals surface area contributed by atoms with Crippen molar-refractivity contribution in [1.82, 2.24) is 0 Å². The molecule has 0 bridgehead atoms. The second-order valence-electron chi connectivity index (χ2n) is 4.99. The van der Waals surface area contributed by atoms with Gasteiger partial charge in [-0.3, -0.25) is 4.79 Å². The number of rotatable bonds is 4. The quantitative estimate of drug-likeness (QED) is 0.829. The van der Waals surface area contributed by atoms with Gasteiger partial charge in [0, 0.05) is 12.8 Å². The summed E-state index contributed by atoms with van der Waals surface area (Å²) in [5, 5.41) is 0. The van der Waals surface area contributed by atoms with E-state index in [4.69, 9.17) is 4.74 Å². The number of ketones is 1. The summed E-state index contributed by atoms with van der Waals surface area (Å²) in [4.78, 5) is 11.0. The van der Waals surface area contributed by atoms with Crippen LogP contribution in [0.2, 0.25) is 0 Å². The first-order valence-corrected chi connectivity index (χ1v) is 6.59. The molecule has 0 saturated heterocycles. The lowest BCUT2D eigenvalue weighted by Gasteiger charge is -2.24. The molecule has 1 aliphatic rings. The van der Waals surface area contributed by atoms with Gasteiger partial charge in [0.05, 0.1) is 0 Å². The van der Waals surface area contributed by atoms with Crippen molar-refractivity contribution in [1.29, 1.82) is 0 Å². The van der Waals surface area contributed by atoms with Gasteiger partial charge in [-0.1, -0.05) is 42.5 Å². The van der Waals surface area contributed by atoms with Crippen LogP contribution in [-0.2, 0) is 11.4 Å². The molecule has 0 amide bonds. The lowest BCUT2D eigenvalue weighted by molar-refractivity contribution is -0.124. The van der Waals surface area contributed by atoms with Gasteiger partial charge in [0.15, 0.2) is 0 Å². The van der Waals surface area contributed by atoms with Crippen molar-refractivity contribution >= 4 is 5.78 Å². The van der Waals surface area contributed by atoms with Crippen LogP contribution in [0.1, 0.15) is 29.9 Å². The fraction of sp³-hybridized carbons (Fsp3) is 0.235. The van der Waals surface area contributed by atoms with Gasteiger partial charge < -0.3 is 4.74 Å². The second kappa shape index (κ2) is 5.27. The highest BCUT2D eigenvalue weighted by atomic mass is 16.5. The Kier molecular flexibility index (Phi) is 3.32. The zero-order valence-electron chi connectivity index (χ0n) is 10.7. The number of hydrogen-bond acceptors (Lipinski definition) is 2. The number of carbonyl (C=O) groups excluding carboxylic acids is 1. The van der Waals surface area contributed by atoms with E-state index in [1.54, 1.807) is 0 Å². The van der Waals surface area contributed by atoms with Gasteiger partial charge in [-0.2, -0.15) is 0 Å². The molecule has 0 aliphatic heterocycles. The predicted octanol–water partition coefficient (Wildman–Crippen LogP) is 3.71. The largest absolute Gasteiger partial charge is 0.489 e. The van der Waals surface area contributed by atoms with E-state index in [1.807, 2.05) is 42.5 Å². The standard InChI is InChI=1S/C17H16O2/c18-16-10-15(11-16)14-6-8-17(9-7-14)19-12-13-4-2-1-3-5-13/h1-9,15H,10-12H2. The van der Waals surface area contributed by atoms with Gasteiger partial charge >= 0.3 is 0 Å². The fourth-order valence-corrected chi connectivity index (χ4v) is 2.30. The Morgan fingerprint density at radius 1 is 0.947 bits per heavy atom. The summed E-state index contributed by atoms with van der Waals surface area (Å²) in [7, 11) is 0. The molecule has 3 rings (SSSR count). The van der Waals surface area contributed by atoms with Gasteiger partial charge in [0.25, 0.3) is 0 Å². The van der Waals surface area contributed by atoms with E-state index >= 15 is 0 Å². The Labute approximate surface area is 113 Å². The van der Waals surface area contributed by atoms with Crippen molar-refractivity contribution < 1.29 is 9.53 Å². The minimum atomic E-state index is 0.370. The molecular formula is C17H16O2. The van der Waals surface area contributed by atoms with Crippen LogP contribution in [0.5, 0.6) is 5.75 Å². The highest BCUT2D eigenvalue weighted by Gasteiger charge is 2.27. The van der Waals surface area contributed by atoms with E-state index in [9.17, 15) is 4.79 Å². The lowest BCUT2D eigenvalue weighted by atomic mass is 9.79. The molecule has 1 saturated carbocycles. The molecule has 19 heavy (non-hydrogen) atoms. The first-order valence-electron chi connectivity index (χ1n) is 6.59. The van der Waals surface area contributed by atoms with Crippen molar-refractivity contribution in [2.24, 2.45) is 0 Å². The third-order valence-electron chi connectivity index (χ3n) is 3.55. The normalized spacial score (nSPS) is 15.1. The number of ether oxygens (including phenoxy) is 1. The molecule has 2 heteroatoms. The van der Waals surface area contributed by atoms with Crippen molar-refractivity contribution in [2.75, 3.05) is 0 Å². The molecule has 0 spiro atoms. The predicted molar refractivity (Wildman–Crippen MR) is 74.2 cm³/mol. The topological polar surface area (TPSA) is 26.3 Å². The van der Waals surface area contributed by atoms with Gasteiger partial charge in [-0.05, 0) is 29.2 Å². The fourth-order valence-electron chi connectivity index (χ4n) is 2.30. The van der Waals surface area contributed by atoms with E-state index in [0.29, 0.717) is 31.1 Å². The van der Waals surface area contributed by atoms with Crippen LogP contribution in [0.15, 0.2) is 54.6 Å². The van der Waals surface area contributed by atoms with Crippen molar-refractivity contribution in [3.63, 3.8) is 0 Å². The lowest BCUT2D eigenvalue weighted by Crippen LogP contribution is -2.20.